The summed E-state index contributed by atoms with van der Waals surface area (Å²) >= 11 is 1.42. The van der Waals surface area contributed by atoms with Crippen LogP contribution in [0.15, 0.2) is 42.5 Å². The van der Waals surface area contributed by atoms with Crippen LogP contribution in [-0.2, 0) is 6.42 Å². The summed E-state index contributed by atoms with van der Waals surface area (Å²) in [7, 11) is 0. The SMILES string of the molecule is Cc1ccc(-c2nc(C)c(C(=O)Nc3ccc(CCO)cc3)s2)c(C)c1. The molecule has 3 rings (SSSR count). The number of carbonyl (C=O) groups excluding carboxylic acids is 1. The quantitative estimate of drug-likeness (QED) is 0.698. The van der Waals surface area contributed by atoms with Gasteiger partial charge in [0.1, 0.15) is 9.88 Å². The Bertz CT molecular complexity index is 930. The van der Waals surface area contributed by atoms with Crippen LogP contribution in [0.25, 0.3) is 10.6 Å². The number of thiazole rings is 1. The average molecular weight is 366 g/mol. The zero-order chi connectivity index (χ0) is 18.7. The molecule has 0 aliphatic carbocycles. The first-order valence-corrected chi connectivity index (χ1v) is 9.36. The van der Waals surface area contributed by atoms with E-state index < -0.39 is 0 Å². The maximum Gasteiger partial charge on any atom is 0.267 e. The zero-order valence-corrected chi connectivity index (χ0v) is 16.0. The van der Waals surface area contributed by atoms with E-state index >= 15 is 0 Å². The average Bonchev–Trinajstić information content (AvgIpc) is 2.98. The van der Waals surface area contributed by atoms with Crippen LogP contribution in [0.4, 0.5) is 5.69 Å². The second-order valence-electron chi connectivity index (χ2n) is 6.38. The number of carbonyl (C=O) groups is 1. The largest absolute Gasteiger partial charge is 0.396 e. The first-order chi connectivity index (χ1) is 12.5. The molecule has 3 aromatic rings. The van der Waals surface area contributed by atoms with Gasteiger partial charge in [-0.1, -0.05) is 35.9 Å². The zero-order valence-electron chi connectivity index (χ0n) is 15.2. The third kappa shape index (κ3) is 4.00. The van der Waals surface area contributed by atoms with Crippen molar-refractivity contribution in [3.05, 3.63) is 69.7 Å². The van der Waals surface area contributed by atoms with Crippen molar-refractivity contribution in [2.24, 2.45) is 0 Å². The topological polar surface area (TPSA) is 62.2 Å². The van der Waals surface area contributed by atoms with Crippen LogP contribution >= 0.6 is 11.3 Å². The second kappa shape index (κ2) is 7.81. The minimum absolute atomic E-state index is 0.118. The number of aliphatic hydroxyl groups is 1. The third-order valence-electron chi connectivity index (χ3n) is 4.23. The Kier molecular flexibility index (Phi) is 5.49. The number of aliphatic hydroxyl groups excluding tert-OH is 1. The van der Waals surface area contributed by atoms with Gasteiger partial charge in [-0.15, -0.1) is 11.3 Å². The number of nitrogens with zero attached hydrogens (tertiary/aromatic N) is 1. The highest BCUT2D eigenvalue weighted by molar-refractivity contribution is 7.17. The van der Waals surface area contributed by atoms with Crippen molar-refractivity contribution >= 4 is 22.9 Å². The van der Waals surface area contributed by atoms with Crippen molar-refractivity contribution in [3.8, 4) is 10.6 Å². The van der Waals surface area contributed by atoms with Gasteiger partial charge in [0.15, 0.2) is 0 Å². The maximum atomic E-state index is 12.6. The van der Waals surface area contributed by atoms with E-state index in [2.05, 4.69) is 42.3 Å². The lowest BCUT2D eigenvalue weighted by molar-refractivity contribution is 0.103. The summed E-state index contributed by atoms with van der Waals surface area (Å²) in [6, 6.07) is 13.8. The Hall–Kier alpha value is -2.50. The van der Waals surface area contributed by atoms with E-state index in [0.29, 0.717) is 11.3 Å². The number of anilines is 1. The molecule has 0 unspecified atom stereocenters. The Morgan fingerprint density at radius 3 is 2.50 bits per heavy atom. The predicted octanol–water partition coefficient (Wildman–Crippen LogP) is 4.52. The molecule has 1 heterocycles. The first kappa shape index (κ1) is 18.3. The molecule has 2 N–H and O–H groups in total. The number of hydrogen-bond acceptors (Lipinski definition) is 4. The molecule has 0 bridgehead atoms. The lowest BCUT2D eigenvalue weighted by Crippen LogP contribution is -2.11. The highest BCUT2D eigenvalue weighted by atomic mass is 32.1. The van der Waals surface area contributed by atoms with Gasteiger partial charge in [-0.2, -0.15) is 0 Å². The standard InChI is InChI=1S/C21H22N2O2S/c1-13-4-9-18(14(2)12-13)21-22-15(3)19(26-21)20(25)23-17-7-5-16(6-8-17)10-11-24/h4-9,12,24H,10-11H2,1-3H3,(H,23,25). The Morgan fingerprint density at radius 1 is 1.12 bits per heavy atom. The molecule has 0 saturated carbocycles. The Morgan fingerprint density at radius 2 is 1.85 bits per heavy atom. The molecule has 2 aromatic carbocycles. The van der Waals surface area contributed by atoms with Gasteiger partial charge in [-0.25, -0.2) is 4.98 Å². The molecule has 5 heteroatoms. The van der Waals surface area contributed by atoms with E-state index in [9.17, 15) is 4.79 Å². The van der Waals surface area contributed by atoms with E-state index in [-0.39, 0.29) is 12.5 Å². The fourth-order valence-electron chi connectivity index (χ4n) is 2.85. The highest BCUT2D eigenvalue weighted by Gasteiger charge is 2.17. The molecule has 26 heavy (non-hydrogen) atoms. The number of hydrogen-bond donors (Lipinski definition) is 2. The summed E-state index contributed by atoms with van der Waals surface area (Å²) in [5, 5.41) is 12.8. The van der Waals surface area contributed by atoms with Gasteiger partial charge in [-0.3, -0.25) is 4.79 Å². The normalized spacial score (nSPS) is 10.8. The fourth-order valence-corrected chi connectivity index (χ4v) is 3.90. The Labute approximate surface area is 157 Å². The summed E-state index contributed by atoms with van der Waals surface area (Å²) in [5.41, 5.74) is 5.94. The van der Waals surface area contributed by atoms with Crippen molar-refractivity contribution < 1.29 is 9.90 Å². The number of nitrogens with one attached hydrogen (secondary N) is 1. The highest BCUT2D eigenvalue weighted by Crippen LogP contribution is 2.31. The summed E-state index contributed by atoms with van der Waals surface area (Å²) in [4.78, 5) is 17.9. The van der Waals surface area contributed by atoms with Crippen LogP contribution in [0.3, 0.4) is 0 Å². The van der Waals surface area contributed by atoms with Crippen molar-refractivity contribution in [1.29, 1.82) is 0 Å². The summed E-state index contributed by atoms with van der Waals surface area (Å²) in [6.45, 7) is 6.11. The fraction of sp³-hybridized carbons (Fsp3) is 0.238. The van der Waals surface area contributed by atoms with Crippen molar-refractivity contribution in [2.45, 2.75) is 27.2 Å². The molecule has 0 atom stereocenters. The number of rotatable bonds is 5. The predicted molar refractivity (Wildman–Crippen MR) is 107 cm³/mol. The summed E-state index contributed by atoms with van der Waals surface area (Å²) in [5.74, 6) is -0.147. The molecule has 0 spiro atoms. The lowest BCUT2D eigenvalue weighted by Gasteiger charge is -2.05. The minimum Gasteiger partial charge on any atom is -0.396 e. The number of benzene rings is 2. The van der Waals surface area contributed by atoms with E-state index in [0.717, 1.165) is 33.1 Å². The van der Waals surface area contributed by atoms with Crippen molar-refractivity contribution in [1.82, 2.24) is 4.98 Å². The molecule has 134 valence electrons. The van der Waals surface area contributed by atoms with Crippen molar-refractivity contribution in [3.63, 3.8) is 0 Å². The maximum absolute atomic E-state index is 12.6. The van der Waals surface area contributed by atoms with E-state index in [4.69, 9.17) is 5.11 Å². The molecule has 0 fully saturated rings. The molecule has 0 radical (unpaired) electrons. The first-order valence-electron chi connectivity index (χ1n) is 8.54. The smallest absolute Gasteiger partial charge is 0.267 e. The lowest BCUT2D eigenvalue weighted by atomic mass is 10.1. The summed E-state index contributed by atoms with van der Waals surface area (Å²) in [6.07, 6.45) is 0.613. The number of aromatic nitrogens is 1. The van der Waals surface area contributed by atoms with Crippen LogP contribution in [0.2, 0.25) is 0 Å². The van der Waals surface area contributed by atoms with Crippen LogP contribution in [0.1, 0.15) is 32.1 Å². The molecular weight excluding hydrogens is 344 g/mol. The molecular formula is C21H22N2O2S. The van der Waals surface area contributed by atoms with E-state index in [1.807, 2.05) is 31.2 Å². The molecule has 0 aliphatic heterocycles. The monoisotopic (exact) mass is 366 g/mol. The molecule has 1 amide bonds. The van der Waals surface area contributed by atoms with Gasteiger partial charge < -0.3 is 10.4 Å². The van der Waals surface area contributed by atoms with Crippen LogP contribution < -0.4 is 5.32 Å². The van der Waals surface area contributed by atoms with Gasteiger partial charge in [0.25, 0.3) is 5.91 Å². The third-order valence-corrected chi connectivity index (χ3v) is 5.42. The molecule has 1 aromatic heterocycles. The van der Waals surface area contributed by atoms with Gasteiger partial charge >= 0.3 is 0 Å². The Balaban J connectivity index is 1.81. The van der Waals surface area contributed by atoms with Crippen molar-refractivity contribution in [2.75, 3.05) is 11.9 Å². The van der Waals surface area contributed by atoms with Gasteiger partial charge in [0, 0.05) is 17.9 Å². The number of amides is 1. The van der Waals surface area contributed by atoms with Gasteiger partial charge in [0.2, 0.25) is 0 Å². The van der Waals surface area contributed by atoms with E-state index in [1.165, 1.54) is 16.9 Å². The number of aryl methyl sites for hydroxylation is 3. The van der Waals surface area contributed by atoms with Gasteiger partial charge in [0.05, 0.1) is 5.69 Å². The van der Waals surface area contributed by atoms with Crippen LogP contribution in [-0.4, -0.2) is 22.6 Å². The molecule has 0 saturated heterocycles. The molecule has 4 nitrogen and oxygen atoms in total. The van der Waals surface area contributed by atoms with Gasteiger partial charge in [-0.05, 0) is 50.5 Å². The second-order valence-corrected chi connectivity index (χ2v) is 7.38. The molecule has 0 aliphatic rings. The van der Waals surface area contributed by atoms with Crippen LogP contribution in [0, 0.1) is 20.8 Å². The van der Waals surface area contributed by atoms with E-state index in [1.54, 1.807) is 0 Å². The van der Waals surface area contributed by atoms with Crippen LogP contribution in [0.5, 0.6) is 0 Å². The minimum atomic E-state index is -0.147. The summed E-state index contributed by atoms with van der Waals surface area (Å²) < 4.78 is 0.